The predicted molar refractivity (Wildman–Crippen MR) is 90.0 cm³/mol. The normalized spacial score (nSPS) is 16.7. The van der Waals surface area contributed by atoms with Gasteiger partial charge in [-0.15, -0.1) is 10.2 Å². The van der Waals surface area contributed by atoms with Gasteiger partial charge in [-0.25, -0.2) is 4.79 Å². The van der Waals surface area contributed by atoms with E-state index < -0.39 is 0 Å². The van der Waals surface area contributed by atoms with Crippen molar-refractivity contribution in [3.63, 3.8) is 0 Å². The molecule has 1 aliphatic heterocycles. The molecule has 0 saturated heterocycles. The van der Waals surface area contributed by atoms with Crippen molar-refractivity contribution in [2.24, 2.45) is 0 Å². The lowest BCUT2D eigenvalue weighted by Crippen LogP contribution is -2.38. The Labute approximate surface area is 145 Å². The second-order valence-corrected chi connectivity index (χ2v) is 6.02. The summed E-state index contributed by atoms with van der Waals surface area (Å²) in [5.74, 6) is 1.46. The number of nitrogens with one attached hydrogen (secondary N) is 2. The van der Waals surface area contributed by atoms with E-state index in [1.807, 2.05) is 23.6 Å². The number of benzene rings is 1. The van der Waals surface area contributed by atoms with Gasteiger partial charge in [0.25, 0.3) is 0 Å². The molecule has 1 aromatic carbocycles. The van der Waals surface area contributed by atoms with Crippen molar-refractivity contribution in [2.75, 3.05) is 6.61 Å². The number of carbonyl (C=O) groups excluding carboxylic acids is 1. The summed E-state index contributed by atoms with van der Waals surface area (Å²) in [7, 11) is 0. The SMILES string of the molecule is CCn1cnnc1CNC(=O)N[C@H]1CCCOc2cc(Cl)ccc21. The number of halogens is 1. The van der Waals surface area contributed by atoms with Gasteiger partial charge in [0, 0.05) is 17.1 Å². The van der Waals surface area contributed by atoms with E-state index in [1.165, 1.54) is 0 Å². The van der Waals surface area contributed by atoms with Gasteiger partial charge >= 0.3 is 6.03 Å². The van der Waals surface area contributed by atoms with E-state index in [4.69, 9.17) is 16.3 Å². The van der Waals surface area contributed by atoms with Gasteiger partial charge in [0.05, 0.1) is 19.2 Å². The van der Waals surface area contributed by atoms with Crippen molar-refractivity contribution in [2.45, 2.75) is 38.9 Å². The molecule has 3 rings (SSSR count). The summed E-state index contributed by atoms with van der Waals surface area (Å²) in [5, 5.41) is 14.3. The fourth-order valence-corrected chi connectivity index (χ4v) is 2.91. The van der Waals surface area contributed by atoms with Crippen LogP contribution in [-0.4, -0.2) is 27.4 Å². The third kappa shape index (κ3) is 3.79. The highest BCUT2D eigenvalue weighted by molar-refractivity contribution is 6.30. The predicted octanol–water partition coefficient (Wildman–Crippen LogP) is 2.66. The van der Waals surface area contributed by atoms with Crippen LogP contribution in [0, 0.1) is 0 Å². The van der Waals surface area contributed by atoms with Gasteiger partial charge < -0.3 is 19.9 Å². The number of carbonyl (C=O) groups is 1. The maximum atomic E-state index is 12.2. The fourth-order valence-electron chi connectivity index (χ4n) is 2.74. The van der Waals surface area contributed by atoms with Gasteiger partial charge in [0.1, 0.15) is 12.1 Å². The summed E-state index contributed by atoms with van der Waals surface area (Å²) in [6.45, 7) is 3.71. The highest BCUT2D eigenvalue weighted by Crippen LogP contribution is 2.33. The molecule has 1 aliphatic rings. The molecule has 0 saturated carbocycles. The average molecular weight is 350 g/mol. The number of urea groups is 1. The van der Waals surface area contributed by atoms with E-state index in [0.717, 1.165) is 36.5 Å². The largest absolute Gasteiger partial charge is 0.493 e. The summed E-state index contributed by atoms with van der Waals surface area (Å²) in [5.41, 5.74) is 0.948. The summed E-state index contributed by atoms with van der Waals surface area (Å²) in [4.78, 5) is 12.2. The molecule has 24 heavy (non-hydrogen) atoms. The van der Waals surface area contributed by atoms with Crippen molar-refractivity contribution < 1.29 is 9.53 Å². The Kier molecular flexibility index (Phi) is 5.20. The van der Waals surface area contributed by atoms with Crippen LogP contribution in [0.4, 0.5) is 4.79 Å². The van der Waals surface area contributed by atoms with Crippen LogP contribution in [0.15, 0.2) is 24.5 Å². The minimum Gasteiger partial charge on any atom is -0.493 e. The van der Waals surface area contributed by atoms with E-state index in [2.05, 4.69) is 20.8 Å². The first kappa shape index (κ1) is 16.6. The number of rotatable bonds is 4. The van der Waals surface area contributed by atoms with Crippen molar-refractivity contribution in [1.29, 1.82) is 0 Å². The van der Waals surface area contributed by atoms with E-state index in [1.54, 1.807) is 12.4 Å². The van der Waals surface area contributed by atoms with E-state index in [-0.39, 0.29) is 12.1 Å². The van der Waals surface area contributed by atoms with Crippen LogP contribution in [-0.2, 0) is 13.1 Å². The van der Waals surface area contributed by atoms with Gasteiger partial charge in [0.2, 0.25) is 0 Å². The number of fused-ring (bicyclic) bond motifs is 1. The lowest BCUT2D eigenvalue weighted by molar-refractivity contribution is 0.235. The second-order valence-electron chi connectivity index (χ2n) is 5.59. The first-order chi connectivity index (χ1) is 11.7. The Balaban J connectivity index is 1.64. The van der Waals surface area contributed by atoms with Crippen LogP contribution >= 0.6 is 11.6 Å². The Morgan fingerprint density at radius 1 is 1.50 bits per heavy atom. The first-order valence-corrected chi connectivity index (χ1v) is 8.38. The molecule has 2 N–H and O–H groups in total. The quantitative estimate of drug-likeness (QED) is 0.889. The van der Waals surface area contributed by atoms with E-state index in [9.17, 15) is 4.79 Å². The number of amides is 2. The fraction of sp³-hybridized carbons (Fsp3) is 0.438. The Morgan fingerprint density at radius 2 is 2.38 bits per heavy atom. The number of hydrogen-bond donors (Lipinski definition) is 2. The van der Waals surface area contributed by atoms with Gasteiger partial charge in [-0.05, 0) is 31.9 Å². The van der Waals surface area contributed by atoms with Crippen LogP contribution < -0.4 is 15.4 Å². The Morgan fingerprint density at radius 3 is 3.21 bits per heavy atom. The molecule has 0 bridgehead atoms. The zero-order valence-corrected chi connectivity index (χ0v) is 14.2. The Bertz CT molecular complexity index is 718. The lowest BCUT2D eigenvalue weighted by Gasteiger charge is -2.19. The van der Waals surface area contributed by atoms with Gasteiger partial charge in [0.15, 0.2) is 5.82 Å². The number of aryl methyl sites for hydroxylation is 1. The molecule has 2 heterocycles. The summed E-state index contributed by atoms with van der Waals surface area (Å²) < 4.78 is 7.60. The zero-order chi connectivity index (χ0) is 16.9. The maximum absolute atomic E-state index is 12.2. The molecule has 0 fully saturated rings. The monoisotopic (exact) mass is 349 g/mol. The molecule has 1 atom stereocenters. The number of nitrogens with zero attached hydrogens (tertiary/aromatic N) is 3. The molecule has 128 valence electrons. The van der Waals surface area contributed by atoms with Gasteiger partial charge in [-0.1, -0.05) is 17.7 Å². The van der Waals surface area contributed by atoms with Crippen LogP contribution in [0.25, 0.3) is 0 Å². The lowest BCUT2D eigenvalue weighted by atomic mass is 10.0. The molecule has 0 spiro atoms. The third-order valence-electron chi connectivity index (χ3n) is 3.99. The van der Waals surface area contributed by atoms with Crippen LogP contribution in [0.5, 0.6) is 5.75 Å². The van der Waals surface area contributed by atoms with Crippen molar-refractivity contribution in [1.82, 2.24) is 25.4 Å². The first-order valence-electron chi connectivity index (χ1n) is 8.00. The number of ether oxygens (including phenoxy) is 1. The van der Waals surface area contributed by atoms with Crippen LogP contribution in [0.2, 0.25) is 5.02 Å². The molecule has 7 nitrogen and oxygen atoms in total. The standard InChI is InChI=1S/C16H20ClN5O2/c1-2-22-10-19-21-15(22)9-18-16(23)20-13-4-3-7-24-14-8-11(17)5-6-12(13)14/h5-6,8,10,13H,2-4,7,9H2,1H3,(H2,18,20,23)/t13-/m0/s1. The van der Waals surface area contributed by atoms with Gasteiger partial charge in [-0.2, -0.15) is 0 Å². The molecule has 0 radical (unpaired) electrons. The highest BCUT2D eigenvalue weighted by Gasteiger charge is 2.21. The summed E-state index contributed by atoms with van der Waals surface area (Å²) in [6, 6.07) is 5.16. The zero-order valence-electron chi connectivity index (χ0n) is 13.5. The molecule has 2 amide bonds. The van der Waals surface area contributed by atoms with Crippen molar-refractivity contribution >= 4 is 17.6 Å². The number of hydrogen-bond acceptors (Lipinski definition) is 4. The second kappa shape index (κ2) is 7.53. The average Bonchev–Trinajstić information content (AvgIpc) is 2.95. The minimum absolute atomic E-state index is 0.108. The topological polar surface area (TPSA) is 81.1 Å². The maximum Gasteiger partial charge on any atom is 0.315 e. The Hall–Kier alpha value is -2.28. The van der Waals surface area contributed by atoms with Crippen molar-refractivity contribution in [3.8, 4) is 5.75 Å². The van der Waals surface area contributed by atoms with Crippen LogP contribution in [0.1, 0.15) is 37.2 Å². The third-order valence-corrected chi connectivity index (χ3v) is 4.23. The molecule has 1 aromatic heterocycles. The molecule has 0 unspecified atom stereocenters. The summed E-state index contributed by atoms with van der Waals surface area (Å²) in [6.07, 6.45) is 3.33. The molecule has 0 aliphatic carbocycles. The van der Waals surface area contributed by atoms with E-state index in [0.29, 0.717) is 18.2 Å². The van der Waals surface area contributed by atoms with Crippen LogP contribution in [0.3, 0.4) is 0 Å². The molecule has 8 heteroatoms. The summed E-state index contributed by atoms with van der Waals surface area (Å²) >= 11 is 6.02. The van der Waals surface area contributed by atoms with E-state index >= 15 is 0 Å². The minimum atomic E-state index is -0.242. The molecular formula is C16H20ClN5O2. The number of aromatic nitrogens is 3. The molecular weight excluding hydrogens is 330 g/mol. The van der Waals surface area contributed by atoms with Gasteiger partial charge in [-0.3, -0.25) is 0 Å². The van der Waals surface area contributed by atoms with Crippen molar-refractivity contribution in [3.05, 3.63) is 40.9 Å². The molecule has 2 aromatic rings. The highest BCUT2D eigenvalue weighted by atomic mass is 35.5. The smallest absolute Gasteiger partial charge is 0.315 e.